The maximum Gasteiger partial charge on any atom is 0.158 e. The summed E-state index contributed by atoms with van der Waals surface area (Å²) in [7, 11) is 0. The largest absolute Gasteiger partial charge is 0.489 e. The number of benzene rings is 1. The van der Waals surface area contributed by atoms with Crippen LogP contribution >= 0.6 is 11.6 Å². The number of aliphatic imine (C=N–C) groups is 2. The number of nitrogens with zero attached hydrogens (tertiary/aromatic N) is 2. The molecule has 1 atom stereocenters. The molecule has 0 amide bonds. The number of carbonyl (C=O) groups excluding carboxylic acids is 1. The molecule has 0 radical (unpaired) electrons. The van der Waals surface area contributed by atoms with Crippen LogP contribution in [0.4, 0.5) is 0 Å². The molecule has 0 bridgehead atoms. The zero-order chi connectivity index (χ0) is 22.5. The van der Waals surface area contributed by atoms with Crippen LogP contribution in [0.5, 0.6) is 5.75 Å². The van der Waals surface area contributed by atoms with Crippen LogP contribution in [0.15, 0.2) is 51.6 Å². The van der Waals surface area contributed by atoms with Gasteiger partial charge in [0.2, 0.25) is 0 Å². The minimum absolute atomic E-state index is 0.0486. The number of aldehydes is 1. The molecule has 5 heteroatoms. The van der Waals surface area contributed by atoms with Crippen molar-refractivity contribution in [3.05, 3.63) is 52.2 Å². The van der Waals surface area contributed by atoms with Crippen LogP contribution in [0.2, 0.25) is 5.02 Å². The molecule has 0 aliphatic rings. The smallest absolute Gasteiger partial charge is 0.158 e. The van der Waals surface area contributed by atoms with Crippen molar-refractivity contribution in [2.24, 2.45) is 15.9 Å². The molecule has 0 aliphatic carbocycles. The Bertz CT molecular complexity index is 794. The lowest BCUT2D eigenvalue weighted by Crippen LogP contribution is -2.06. The van der Waals surface area contributed by atoms with E-state index in [0.29, 0.717) is 16.6 Å². The van der Waals surface area contributed by atoms with E-state index in [0.717, 1.165) is 49.5 Å². The van der Waals surface area contributed by atoms with E-state index in [9.17, 15) is 4.79 Å². The third-order valence-electron chi connectivity index (χ3n) is 4.75. The standard InChI is InChI=1S/C25H35ClN2O2/c1-7-10-21(12-9-11-20(8-2)17-29)19(5)16-28-25(27-6)22-13-14-24(23(26)15-22)30-18(3)4/h12-18,20H,6-11H2,1-5H3. The van der Waals surface area contributed by atoms with Crippen molar-refractivity contribution in [3.63, 3.8) is 0 Å². The van der Waals surface area contributed by atoms with Crippen LogP contribution in [0.1, 0.15) is 72.3 Å². The SMILES string of the molecule is C=NC(=NC=C(C)C(=CCCC(C=O)CC)CCC)c1ccc(OC(C)C)c(Cl)c1. The first-order valence-corrected chi connectivity index (χ1v) is 11.1. The van der Waals surface area contributed by atoms with Crippen LogP contribution < -0.4 is 4.74 Å². The van der Waals surface area contributed by atoms with Gasteiger partial charge in [0.15, 0.2) is 5.84 Å². The molecule has 0 saturated heterocycles. The molecular formula is C25H35ClN2O2. The molecule has 0 aromatic heterocycles. The van der Waals surface area contributed by atoms with Crippen LogP contribution in [0.25, 0.3) is 0 Å². The second kappa shape index (κ2) is 13.9. The molecular weight excluding hydrogens is 396 g/mol. The van der Waals surface area contributed by atoms with Crippen LogP contribution in [-0.4, -0.2) is 24.9 Å². The van der Waals surface area contributed by atoms with Gasteiger partial charge in [0.05, 0.1) is 11.1 Å². The molecule has 0 fully saturated rings. The number of carbonyl (C=O) groups is 1. The van der Waals surface area contributed by atoms with E-state index in [1.165, 1.54) is 5.57 Å². The zero-order valence-electron chi connectivity index (χ0n) is 19.0. The molecule has 4 nitrogen and oxygen atoms in total. The molecule has 0 aliphatic heterocycles. The van der Waals surface area contributed by atoms with Gasteiger partial charge < -0.3 is 9.53 Å². The highest BCUT2D eigenvalue weighted by molar-refractivity contribution is 6.32. The predicted octanol–water partition coefficient (Wildman–Crippen LogP) is 7.21. The summed E-state index contributed by atoms with van der Waals surface area (Å²) in [6.45, 7) is 13.8. The van der Waals surface area contributed by atoms with Gasteiger partial charge >= 0.3 is 0 Å². The third-order valence-corrected chi connectivity index (χ3v) is 5.05. The first-order valence-electron chi connectivity index (χ1n) is 10.7. The number of hydrogen-bond acceptors (Lipinski definition) is 3. The van der Waals surface area contributed by atoms with Crippen molar-refractivity contribution in [1.29, 1.82) is 0 Å². The Hall–Kier alpha value is -2.20. The number of amidine groups is 1. The molecule has 0 N–H and O–H groups in total. The lowest BCUT2D eigenvalue weighted by atomic mass is 9.98. The van der Waals surface area contributed by atoms with Crippen molar-refractivity contribution in [3.8, 4) is 5.75 Å². The fourth-order valence-corrected chi connectivity index (χ4v) is 3.23. The van der Waals surface area contributed by atoms with Gasteiger partial charge in [-0.15, -0.1) is 0 Å². The fourth-order valence-electron chi connectivity index (χ4n) is 3.01. The second-order valence-electron chi connectivity index (χ2n) is 7.60. The molecule has 1 rings (SSSR count). The van der Waals surface area contributed by atoms with Gasteiger partial charge in [0.1, 0.15) is 12.0 Å². The average Bonchev–Trinajstić information content (AvgIpc) is 2.72. The Labute approximate surface area is 186 Å². The van der Waals surface area contributed by atoms with Gasteiger partial charge in [-0.05, 0) is 82.5 Å². The number of rotatable bonds is 12. The summed E-state index contributed by atoms with van der Waals surface area (Å²) >= 11 is 6.34. The fraction of sp³-hybridized carbons (Fsp3) is 0.480. The lowest BCUT2D eigenvalue weighted by Gasteiger charge is -2.12. The van der Waals surface area contributed by atoms with E-state index < -0.39 is 0 Å². The normalized spacial score (nSPS) is 14.0. The molecule has 0 heterocycles. The van der Waals surface area contributed by atoms with Crippen LogP contribution in [0, 0.1) is 5.92 Å². The molecule has 30 heavy (non-hydrogen) atoms. The monoisotopic (exact) mass is 430 g/mol. The first kappa shape index (κ1) is 25.8. The van der Waals surface area contributed by atoms with Crippen molar-refractivity contribution in [2.45, 2.75) is 72.8 Å². The summed E-state index contributed by atoms with van der Waals surface area (Å²) in [5, 5.41) is 0.519. The Morgan fingerprint density at radius 1 is 1.30 bits per heavy atom. The summed E-state index contributed by atoms with van der Waals surface area (Å²) in [5.74, 6) is 1.28. The van der Waals surface area contributed by atoms with Crippen molar-refractivity contribution in [2.75, 3.05) is 0 Å². The van der Waals surface area contributed by atoms with Gasteiger partial charge in [0.25, 0.3) is 0 Å². The van der Waals surface area contributed by atoms with Crippen LogP contribution in [-0.2, 0) is 4.79 Å². The molecule has 0 saturated carbocycles. The summed E-state index contributed by atoms with van der Waals surface area (Å²) in [5.41, 5.74) is 3.13. The van der Waals surface area contributed by atoms with Gasteiger partial charge in [-0.1, -0.05) is 37.9 Å². The average molecular weight is 431 g/mol. The molecule has 1 aromatic rings. The molecule has 164 valence electrons. The summed E-state index contributed by atoms with van der Waals surface area (Å²) in [6.07, 6.45) is 9.84. The lowest BCUT2D eigenvalue weighted by molar-refractivity contribution is -0.111. The maximum atomic E-state index is 11.0. The van der Waals surface area contributed by atoms with E-state index in [1.54, 1.807) is 6.07 Å². The number of ether oxygens (including phenoxy) is 1. The summed E-state index contributed by atoms with van der Waals surface area (Å²) in [6, 6.07) is 5.50. The van der Waals surface area contributed by atoms with Crippen molar-refractivity contribution >= 4 is 30.4 Å². The van der Waals surface area contributed by atoms with Gasteiger partial charge in [0, 0.05) is 17.7 Å². The van der Waals surface area contributed by atoms with Gasteiger partial charge in [-0.3, -0.25) is 0 Å². The molecule has 1 unspecified atom stereocenters. The quantitative estimate of drug-likeness (QED) is 0.152. The summed E-state index contributed by atoms with van der Waals surface area (Å²) in [4.78, 5) is 19.7. The predicted molar refractivity (Wildman–Crippen MR) is 129 cm³/mol. The van der Waals surface area contributed by atoms with Gasteiger partial charge in [-0.2, -0.15) is 0 Å². The highest BCUT2D eigenvalue weighted by Gasteiger charge is 2.09. The van der Waals surface area contributed by atoms with E-state index >= 15 is 0 Å². The minimum Gasteiger partial charge on any atom is -0.489 e. The maximum absolute atomic E-state index is 11.0. The van der Waals surface area contributed by atoms with E-state index in [2.05, 4.69) is 36.6 Å². The molecule has 0 spiro atoms. The summed E-state index contributed by atoms with van der Waals surface area (Å²) < 4.78 is 5.68. The number of allylic oxidation sites excluding steroid dienone is 3. The second-order valence-corrected chi connectivity index (χ2v) is 8.00. The topological polar surface area (TPSA) is 51.0 Å². The van der Waals surface area contributed by atoms with Crippen molar-refractivity contribution in [1.82, 2.24) is 0 Å². The van der Waals surface area contributed by atoms with Crippen molar-refractivity contribution < 1.29 is 9.53 Å². The van der Waals surface area contributed by atoms with E-state index in [-0.39, 0.29) is 12.0 Å². The Morgan fingerprint density at radius 3 is 2.57 bits per heavy atom. The van der Waals surface area contributed by atoms with E-state index in [1.807, 2.05) is 39.1 Å². The first-order chi connectivity index (χ1) is 14.4. The highest BCUT2D eigenvalue weighted by atomic mass is 35.5. The molecule has 1 aromatic carbocycles. The van der Waals surface area contributed by atoms with Crippen LogP contribution in [0.3, 0.4) is 0 Å². The minimum atomic E-state index is 0.0486. The zero-order valence-corrected chi connectivity index (χ0v) is 19.7. The third kappa shape index (κ3) is 8.66. The van der Waals surface area contributed by atoms with E-state index in [4.69, 9.17) is 16.3 Å². The Balaban J connectivity index is 3.04. The highest BCUT2D eigenvalue weighted by Crippen LogP contribution is 2.27. The Kier molecular flexibility index (Phi) is 12.0. The number of halogens is 1. The number of hydrogen-bond donors (Lipinski definition) is 0. The Morgan fingerprint density at radius 2 is 2.03 bits per heavy atom. The van der Waals surface area contributed by atoms with Gasteiger partial charge in [-0.25, -0.2) is 9.98 Å².